The molecule has 0 saturated carbocycles. The van der Waals surface area contributed by atoms with Gasteiger partial charge in [-0.2, -0.15) is 0 Å². The molecule has 1 aromatic rings. The summed E-state index contributed by atoms with van der Waals surface area (Å²) in [6.07, 6.45) is -2.61. The maximum absolute atomic E-state index is 13.4. The molecule has 0 aromatic heterocycles. The number of carboxylic acid groups (broad SMARTS) is 1. The minimum atomic E-state index is -2.61. The van der Waals surface area contributed by atoms with Gasteiger partial charge in [-0.1, -0.05) is 0 Å². The summed E-state index contributed by atoms with van der Waals surface area (Å²) in [5.74, 6) is -3.61. The molecule has 8 heteroatoms. The van der Waals surface area contributed by atoms with Crippen LogP contribution in [0.5, 0.6) is 0 Å². The monoisotopic (exact) mass is 281 g/mol. The molecule has 0 aliphatic heterocycles. The molecule has 0 aliphatic carbocycles. The van der Waals surface area contributed by atoms with Gasteiger partial charge < -0.3 is 15.2 Å². The number of hydrogen-bond donors (Lipinski definition) is 2. The number of benzene rings is 1. The molecule has 106 valence electrons. The van der Waals surface area contributed by atoms with Crippen molar-refractivity contribution in [2.45, 2.75) is 6.43 Å². The lowest BCUT2D eigenvalue weighted by atomic mass is 10.2. The van der Waals surface area contributed by atoms with E-state index in [4.69, 9.17) is 5.11 Å². The van der Waals surface area contributed by atoms with Crippen LogP contribution < -0.4 is 5.32 Å². The van der Waals surface area contributed by atoms with E-state index in [-0.39, 0.29) is 13.2 Å². The Bertz CT molecular complexity index is 431. The van der Waals surface area contributed by atoms with Crippen molar-refractivity contribution in [3.63, 3.8) is 0 Å². The molecular weight excluding hydrogens is 270 g/mol. The standard InChI is InChI=1S/C11H11F4NO3/c12-7-3-6(11(17)18)4-8(13)10(7)16-1-2-19-5-9(14)15/h3-4,9,16H,1-2,5H2,(H,17,18). The Hall–Kier alpha value is -1.83. The minimum absolute atomic E-state index is 0.0903. The summed E-state index contributed by atoms with van der Waals surface area (Å²) < 4.78 is 54.7. The number of hydrogen-bond acceptors (Lipinski definition) is 3. The van der Waals surface area contributed by atoms with E-state index in [0.717, 1.165) is 0 Å². The summed E-state index contributed by atoms with van der Waals surface area (Å²) in [7, 11) is 0. The van der Waals surface area contributed by atoms with Crippen LogP contribution in [0.15, 0.2) is 12.1 Å². The van der Waals surface area contributed by atoms with E-state index in [9.17, 15) is 22.4 Å². The molecule has 1 aromatic carbocycles. The lowest BCUT2D eigenvalue weighted by molar-refractivity contribution is 0.0214. The number of aromatic carboxylic acids is 1. The Kier molecular flexibility index (Phi) is 5.56. The second-order valence-corrected chi connectivity index (χ2v) is 3.51. The van der Waals surface area contributed by atoms with E-state index >= 15 is 0 Å². The van der Waals surface area contributed by atoms with Gasteiger partial charge in [0.25, 0.3) is 6.43 Å². The van der Waals surface area contributed by atoms with E-state index in [1.165, 1.54) is 0 Å². The number of halogens is 4. The van der Waals surface area contributed by atoms with Crippen LogP contribution in [0.3, 0.4) is 0 Å². The van der Waals surface area contributed by atoms with Gasteiger partial charge in [0.1, 0.15) is 23.9 Å². The van der Waals surface area contributed by atoms with Crippen LogP contribution in [0.4, 0.5) is 23.2 Å². The highest BCUT2D eigenvalue weighted by Gasteiger charge is 2.14. The van der Waals surface area contributed by atoms with Gasteiger partial charge in [0.2, 0.25) is 0 Å². The van der Waals surface area contributed by atoms with Crippen LogP contribution in [0.25, 0.3) is 0 Å². The first-order valence-electron chi connectivity index (χ1n) is 5.24. The predicted molar refractivity (Wildman–Crippen MR) is 58.6 cm³/mol. The van der Waals surface area contributed by atoms with Crippen molar-refractivity contribution in [2.24, 2.45) is 0 Å². The first-order valence-corrected chi connectivity index (χ1v) is 5.24. The van der Waals surface area contributed by atoms with Gasteiger partial charge in [0.15, 0.2) is 0 Å². The average molecular weight is 281 g/mol. The molecule has 0 amide bonds. The molecule has 0 unspecified atom stereocenters. The van der Waals surface area contributed by atoms with E-state index < -0.39 is 41.9 Å². The van der Waals surface area contributed by atoms with Crippen LogP contribution in [0, 0.1) is 11.6 Å². The lowest BCUT2D eigenvalue weighted by Crippen LogP contribution is -2.15. The topological polar surface area (TPSA) is 58.6 Å². The average Bonchev–Trinajstić information content (AvgIpc) is 2.30. The molecular formula is C11H11F4NO3. The predicted octanol–water partition coefficient (Wildman–Crippen LogP) is 2.36. The summed E-state index contributed by atoms with van der Waals surface area (Å²) >= 11 is 0. The van der Waals surface area contributed by atoms with E-state index in [0.29, 0.717) is 12.1 Å². The Morgan fingerprint density at radius 1 is 1.32 bits per heavy atom. The summed E-state index contributed by atoms with van der Waals surface area (Å²) in [6.45, 7) is -1.01. The highest BCUT2D eigenvalue weighted by atomic mass is 19.3. The third-order valence-electron chi connectivity index (χ3n) is 2.08. The molecule has 4 nitrogen and oxygen atoms in total. The quantitative estimate of drug-likeness (QED) is 0.595. The van der Waals surface area contributed by atoms with Crippen molar-refractivity contribution in [2.75, 3.05) is 25.1 Å². The normalized spacial score (nSPS) is 10.8. The van der Waals surface area contributed by atoms with Crippen molar-refractivity contribution in [3.05, 3.63) is 29.3 Å². The van der Waals surface area contributed by atoms with Gasteiger partial charge in [-0.3, -0.25) is 0 Å². The van der Waals surface area contributed by atoms with Crippen LogP contribution in [0.2, 0.25) is 0 Å². The molecule has 0 heterocycles. The first kappa shape index (κ1) is 15.2. The maximum atomic E-state index is 13.4. The van der Waals surface area contributed by atoms with Crippen molar-refractivity contribution in [1.29, 1.82) is 0 Å². The highest BCUT2D eigenvalue weighted by molar-refractivity contribution is 5.88. The molecule has 0 spiro atoms. The van der Waals surface area contributed by atoms with Crippen molar-refractivity contribution >= 4 is 11.7 Å². The number of anilines is 1. The third-order valence-corrected chi connectivity index (χ3v) is 2.08. The van der Waals surface area contributed by atoms with Crippen molar-refractivity contribution in [3.8, 4) is 0 Å². The van der Waals surface area contributed by atoms with Gasteiger partial charge in [0, 0.05) is 6.54 Å². The fourth-order valence-corrected chi connectivity index (χ4v) is 1.29. The number of alkyl halides is 2. The molecule has 0 atom stereocenters. The van der Waals surface area contributed by atoms with E-state index in [2.05, 4.69) is 10.1 Å². The molecule has 0 radical (unpaired) electrons. The Morgan fingerprint density at radius 2 is 1.89 bits per heavy atom. The van der Waals surface area contributed by atoms with Crippen LogP contribution in [-0.4, -0.2) is 37.3 Å². The van der Waals surface area contributed by atoms with Crippen LogP contribution in [-0.2, 0) is 4.74 Å². The van der Waals surface area contributed by atoms with Gasteiger partial charge in [-0.15, -0.1) is 0 Å². The van der Waals surface area contributed by atoms with Crippen LogP contribution in [0.1, 0.15) is 10.4 Å². The Morgan fingerprint density at radius 3 is 2.37 bits per heavy atom. The Balaban J connectivity index is 2.57. The second-order valence-electron chi connectivity index (χ2n) is 3.51. The number of carboxylic acids is 1. The lowest BCUT2D eigenvalue weighted by Gasteiger charge is -2.10. The Labute approximate surface area is 106 Å². The van der Waals surface area contributed by atoms with Crippen molar-refractivity contribution in [1.82, 2.24) is 0 Å². The summed E-state index contributed by atoms with van der Waals surface area (Å²) in [4.78, 5) is 10.5. The van der Waals surface area contributed by atoms with Gasteiger partial charge in [-0.25, -0.2) is 22.4 Å². The van der Waals surface area contributed by atoms with Gasteiger partial charge in [0.05, 0.1) is 12.2 Å². The molecule has 2 N–H and O–H groups in total. The van der Waals surface area contributed by atoms with Crippen molar-refractivity contribution < 1.29 is 32.2 Å². The van der Waals surface area contributed by atoms with Gasteiger partial charge >= 0.3 is 5.97 Å². The van der Waals surface area contributed by atoms with Crippen LogP contribution >= 0.6 is 0 Å². The zero-order valence-electron chi connectivity index (χ0n) is 9.63. The summed E-state index contributed by atoms with van der Waals surface area (Å²) in [6, 6.07) is 1.32. The maximum Gasteiger partial charge on any atom is 0.335 e. The number of ether oxygens (including phenoxy) is 1. The first-order chi connectivity index (χ1) is 8.91. The van der Waals surface area contributed by atoms with E-state index in [1.54, 1.807) is 0 Å². The summed E-state index contributed by atoms with van der Waals surface area (Å²) in [5.41, 5.74) is -1.04. The smallest absolute Gasteiger partial charge is 0.335 e. The second kappa shape index (κ2) is 6.93. The molecule has 0 saturated heterocycles. The number of carbonyl (C=O) groups is 1. The molecule has 0 bridgehead atoms. The SMILES string of the molecule is O=C(O)c1cc(F)c(NCCOCC(F)F)c(F)c1. The largest absolute Gasteiger partial charge is 0.478 e. The molecule has 1 rings (SSSR count). The number of nitrogens with one attached hydrogen (secondary N) is 1. The zero-order valence-corrected chi connectivity index (χ0v) is 9.63. The van der Waals surface area contributed by atoms with E-state index in [1.807, 2.05) is 0 Å². The number of rotatable bonds is 7. The summed E-state index contributed by atoms with van der Waals surface area (Å²) in [5, 5.41) is 10.9. The molecule has 19 heavy (non-hydrogen) atoms. The highest BCUT2D eigenvalue weighted by Crippen LogP contribution is 2.20. The minimum Gasteiger partial charge on any atom is -0.478 e. The van der Waals surface area contributed by atoms with Gasteiger partial charge in [-0.05, 0) is 12.1 Å². The zero-order chi connectivity index (χ0) is 14.4. The molecule has 0 aliphatic rings. The fourth-order valence-electron chi connectivity index (χ4n) is 1.29. The third kappa shape index (κ3) is 4.74. The molecule has 0 fully saturated rings. The fraction of sp³-hybridized carbons (Fsp3) is 0.364.